The lowest BCUT2D eigenvalue weighted by atomic mass is 9.79. The normalized spacial score (nSPS) is 16.8. The highest BCUT2D eigenvalue weighted by molar-refractivity contribution is 5.82. The Labute approximate surface area is 263 Å². The Kier molecular flexibility index (Phi) is 10.1. The zero-order valence-electron chi connectivity index (χ0n) is 26.2. The highest BCUT2D eigenvalue weighted by Gasteiger charge is 2.23. The molecule has 0 radical (unpaired) electrons. The summed E-state index contributed by atoms with van der Waals surface area (Å²) < 4.78 is 10.8. The van der Waals surface area contributed by atoms with Gasteiger partial charge in [-0.1, -0.05) is 109 Å². The van der Waals surface area contributed by atoms with Crippen molar-refractivity contribution >= 4 is 16.5 Å². The van der Waals surface area contributed by atoms with E-state index in [4.69, 9.17) is 9.47 Å². The van der Waals surface area contributed by atoms with E-state index in [2.05, 4.69) is 126 Å². The Morgan fingerprint density at radius 2 is 1.23 bits per heavy atom. The molecule has 0 aromatic heterocycles. The molecule has 0 spiro atoms. The van der Waals surface area contributed by atoms with Gasteiger partial charge >= 0.3 is 0 Å². The molecule has 44 heavy (non-hydrogen) atoms. The molecule has 7 rings (SSSR count). The molecule has 1 unspecified atom stereocenters. The first-order chi connectivity index (χ1) is 21.7. The zero-order chi connectivity index (χ0) is 30.1. The van der Waals surface area contributed by atoms with Crippen LogP contribution >= 0.6 is 0 Å². The van der Waals surface area contributed by atoms with Crippen LogP contribution in [0.1, 0.15) is 48.3 Å². The standard InChI is InChI=1S/C31H37NO2.C10H8/c1-33-31(34-2)20-23-16-18-32(19-17-23)30-14-12-25(13-15-30)27-9-11-28-21-26(8-10-29(28)22-27)24-6-4-3-5-7-24;1-2-6-10-8-4-3-7-9(10)5-1/h3-7,9,11-15,22-23,26,31H,8,10,16-21H2,1-2H3;1-8H. The van der Waals surface area contributed by atoms with Gasteiger partial charge in [0.15, 0.2) is 6.29 Å². The molecule has 5 aromatic rings. The molecule has 1 saturated heterocycles. The SMILES string of the molecule is COC(CC1CCN(c2ccc(-c3ccc4c(c3)CCC(c3ccccc3)C4)cc2)CC1)OC.c1ccc2ccccc2c1. The van der Waals surface area contributed by atoms with Crippen LogP contribution in [0, 0.1) is 5.92 Å². The first-order valence-corrected chi connectivity index (χ1v) is 16.2. The van der Waals surface area contributed by atoms with Crippen LogP contribution in [0.4, 0.5) is 5.69 Å². The van der Waals surface area contributed by atoms with Gasteiger partial charge in [0.05, 0.1) is 0 Å². The summed E-state index contributed by atoms with van der Waals surface area (Å²) in [5, 5.41) is 2.62. The molecule has 0 bridgehead atoms. The van der Waals surface area contributed by atoms with Crippen molar-refractivity contribution in [3.8, 4) is 11.1 Å². The van der Waals surface area contributed by atoms with E-state index >= 15 is 0 Å². The van der Waals surface area contributed by atoms with Crippen molar-refractivity contribution < 1.29 is 9.47 Å². The maximum absolute atomic E-state index is 5.39. The molecule has 1 atom stereocenters. The van der Waals surface area contributed by atoms with Gasteiger partial charge in [0.1, 0.15) is 0 Å². The third-order valence-electron chi connectivity index (χ3n) is 9.60. The number of ether oxygens (including phenoxy) is 2. The van der Waals surface area contributed by atoms with Gasteiger partial charge in [0.25, 0.3) is 0 Å². The van der Waals surface area contributed by atoms with Crippen LogP contribution < -0.4 is 4.90 Å². The topological polar surface area (TPSA) is 21.7 Å². The Hall–Kier alpha value is -3.92. The van der Waals surface area contributed by atoms with Gasteiger partial charge in [-0.05, 0) is 94.7 Å². The van der Waals surface area contributed by atoms with E-state index in [0.29, 0.717) is 11.8 Å². The van der Waals surface area contributed by atoms with Gasteiger partial charge in [-0.25, -0.2) is 0 Å². The van der Waals surface area contributed by atoms with Gasteiger partial charge in [-0.15, -0.1) is 0 Å². The molecule has 1 heterocycles. The number of anilines is 1. The molecule has 2 aliphatic rings. The summed E-state index contributed by atoms with van der Waals surface area (Å²) in [7, 11) is 3.46. The smallest absolute Gasteiger partial charge is 0.157 e. The monoisotopic (exact) mass is 583 g/mol. The number of hydrogen-bond acceptors (Lipinski definition) is 3. The molecular weight excluding hydrogens is 538 g/mol. The molecular formula is C41H45NO2. The van der Waals surface area contributed by atoms with Gasteiger partial charge < -0.3 is 14.4 Å². The summed E-state index contributed by atoms with van der Waals surface area (Å²) in [5.41, 5.74) is 8.52. The van der Waals surface area contributed by atoms with Crippen LogP contribution in [0.5, 0.6) is 0 Å². The van der Waals surface area contributed by atoms with E-state index in [1.165, 1.54) is 70.0 Å². The number of fused-ring (bicyclic) bond motifs is 2. The van der Waals surface area contributed by atoms with E-state index in [9.17, 15) is 0 Å². The van der Waals surface area contributed by atoms with E-state index in [-0.39, 0.29) is 6.29 Å². The Morgan fingerprint density at radius 3 is 1.84 bits per heavy atom. The predicted molar refractivity (Wildman–Crippen MR) is 184 cm³/mol. The Balaban J connectivity index is 0.000000289. The Morgan fingerprint density at radius 1 is 0.636 bits per heavy atom. The highest BCUT2D eigenvalue weighted by atomic mass is 16.7. The predicted octanol–water partition coefficient (Wildman–Crippen LogP) is 9.69. The van der Waals surface area contributed by atoms with Crippen molar-refractivity contribution in [2.45, 2.75) is 50.7 Å². The van der Waals surface area contributed by atoms with Crippen LogP contribution in [-0.4, -0.2) is 33.6 Å². The summed E-state index contributed by atoms with van der Waals surface area (Å²) in [5.74, 6) is 1.33. The van der Waals surface area contributed by atoms with Gasteiger partial charge in [-0.2, -0.15) is 0 Å². The summed E-state index contributed by atoms with van der Waals surface area (Å²) in [6, 6.07) is 44.0. The average Bonchev–Trinajstić information content (AvgIpc) is 3.11. The largest absolute Gasteiger partial charge is 0.372 e. The summed E-state index contributed by atoms with van der Waals surface area (Å²) in [4.78, 5) is 2.52. The fourth-order valence-electron chi connectivity index (χ4n) is 6.93. The number of aryl methyl sites for hydroxylation is 1. The minimum absolute atomic E-state index is 0.0725. The van der Waals surface area contributed by atoms with Crippen LogP contribution in [0.2, 0.25) is 0 Å². The molecule has 1 aliphatic heterocycles. The van der Waals surface area contributed by atoms with Crippen LogP contribution in [0.3, 0.4) is 0 Å². The number of nitrogens with zero attached hydrogens (tertiary/aromatic N) is 1. The fourth-order valence-corrected chi connectivity index (χ4v) is 6.93. The Bertz CT molecular complexity index is 1540. The van der Waals surface area contributed by atoms with E-state index in [0.717, 1.165) is 25.9 Å². The second-order valence-electron chi connectivity index (χ2n) is 12.3. The van der Waals surface area contributed by atoms with Crippen molar-refractivity contribution in [3.63, 3.8) is 0 Å². The third kappa shape index (κ3) is 7.41. The number of hydrogen-bond donors (Lipinski definition) is 0. The summed E-state index contributed by atoms with van der Waals surface area (Å²) in [6.07, 6.45) is 6.87. The molecule has 1 fully saturated rings. The highest BCUT2D eigenvalue weighted by Crippen LogP contribution is 2.35. The number of benzene rings is 5. The summed E-state index contributed by atoms with van der Waals surface area (Å²) in [6.45, 7) is 2.21. The zero-order valence-corrected chi connectivity index (χ0v) is 26.2. The lowest BCUT2D eigenvalue weighted by molar-refractivity contribution is -0.115. The second kappa shape index (κ2) is 14.7. The molecule has 3 nitrogen and oxygen atoms in total. The van der Waals surface area contributed by atoms with E-state index in [1.54, 1.807) is 14.2 Å². The molecule has 3 heteroatoms. The first-order valence-electron chi connectivity index (χ1n) is 16.2. The fraction of sp³-hybridized carbons (Fsp3) is 0.317. The van der Waals surface area contributed by atoms with Crippen molar-refractivity contribution in [2.24, 2.45) is 5.92 Å². The summed E-state index contributed by atoms with van der Waals surface area (Å²) >= 11 is 0. The maximum Gasteiger partial charge on any atom is 0.157 e. The lowest BCUT2D eigenvalue weighted by Gasteiger charge is -2.34. The lowest BCUT2D eigenvalue weighted by Crippen LogP contribution is -2.35. The minimum Gasteiger partial charge on any atom is -0.372 e. The van der Waals surface area contributed by atoms with Crippen LogP contribution in [0.25, 0.3) is 21.9 Å². The van der Waals surface area contributed by atoms with Gasteiger partial charge in [-0.3, -0.25) is 0 Å². The van der Waals surface area contributed by atoms with Gasteiger partial charge in [0, 0.05) is 39.4 Å². The number of rotatable bonds is 7. The molecule has 0 N–H and O–H groups in total. The number of piperidine rings is 1. The van der Waals surface area contributed by atoms with E-state index in [1.807, 2.05) is 0 Å². The number of methoxy groups -OCH3 is 2. The molecule has 5 aromatic carbocycles. The molecule has 226 valence electrons. The van der Waals surface area contributed by atoms with Crippen molar-refractivity contribution in [3.05, 3.63) is 138 Å². The van der Waals surface area contributed by atoms with E-state index < -0.39 is 0 Å². The molecule has 0 saturated carbocycles. The first kappa shape index (κ1) is 30.1. The third-order valence-corrected chi connectivity index (χ3v) is 9.60. The van der Waals surface area contributed by atoms with Crippen molar-refractivity contribution in [1.82, 2.24) is 0 Å². The van der Waals surface area contributed by atoms with Crippen molar-refractivity contribution in [2.75, 3.05) is 32.2 Å². The maximum atomic E-state index is 5.39. The quantitative estimate of drug-likeness (QED) is 0.178. The van der Waals surface area contributed by atoms with Crippen molar-refractivity contribution in [1.29, 1.82) is 0 Å². The average molecular weight is 584 g/mol. The van der Waals surface area contributed by atoms with Crippen LogP contribution in [0.15, 0.2) is 121 Å². The molecule has 0 amide bonds. The second-order valence-corrected chi connectivity index (χ2v) is 12.3. The minimum atomic E-state index is -0.0725. The van der Waals surface area contributed by atoms with Crippen LogP contribution in [-0.2, 0) is 22.3 Å². The molecule has 1 aliphatic carbocycles. The van der Waals surface area contributed by atoms with Gasteiger partial charge in [0.2, 0.25) is 0 Å².